The van der Waals surface area contributed by atoms with E-state index in [-0.39, 0.29) is 0 Å². The Balaban J connectivity index is 2.85. The summed E-state index contributed by atoms with van der Waals surface area (Å²) in [6, 6.07) is 0. The van der Waals surface area contributed by atoms with Crippen molar-refractivity contribution in [1.82, 2.24) is 0 Å². The van der Waals surface area contributed by atoms with Crippen molar-refractivity contribution in [1.29, 1.82) is 0 Å². The van der Waals surface area contributed by atoms with Crippen molar-refractivity contribution in [2.75, 3.05) is 20.0 Å². The van der Waals surface area contributed by atoms with Crippen LogP contribution in [-0.2, 0) is 0 Å². The maximum atomic E-state index is 2.40. The number of hydrogen-bond donors (Lipinski definition) is 0. The molecule has 7 heavy (non-hydrogen) atoms. The van der Waals surface area contributed by atoms with Gasteiger partial charge in [-0.2, -0.15) is 0 Å². The minimum atomic E-state index is -0.460. The molecular weight excluding hydrogens is 103 g/mol. The van der Waals surface area contributed by atoms with Crippen LogP contribution in [0.1, 0.15) is 12.8 Å². The molecule has 0 unspecified atom stereocenters. The average Bonchev–Trinajstić information content (AvgIpc) is 1.99. The highest BCUT2D eigenvalue weighted by atomic mass is 31.2. The van der Waals surface area contributed by atoms with Crippen LogP contribution in [0.4, 0.5) is 0 Å². The van der Waals surface area contributed by atoms with Crippen LogP contribution in [0.3, 0.4) is 0 Å². The van der Waals surface area contributed by atoms with Crippen LogP contribution >= 0.6 is 6.89 Å². The van der Waals surface area contributed by atoms with E-state index in [1.54, 1.807) is 0 Å². The highest BCUT2D eigenvalue weighted by molar-refractivity contribution is 7.74. The van der Waals surface area contributed by atoms with Crippen LogP contribution in [0.25, 0.3) is 0 Å². The molecule has 42 valence electrons. The molecule has 1 aliphatic carbocycles. The van der Waals surface area contributed by atoms with Crippen LogP contribution in [0, 0.1) is 0 Å². The van der Waals surface area contributed by atoms with Gasteiger partial charge in [0.1, 0.15) is 0 Å². The van der Waals surface area contributed by atoms with Gasteiger partial charge in [0, 0.05) is 0 Å². The third-order valence-corrected chi connectivity index (χ3v) is 3.77. The summed E-state index contributed by atoms with van der Waals surface area (Å²) in [6.07, 6.45) is 2.88. The van der Waals surface area contributed by atoms with Crippen molar-refractivity contribution < 1.29 is 0 Å². The third kappa shape index (κ3) is 1.35. The van der Waals surface area contributed by atoms with Gasteiger partial charge >= 0.3 is 0 Å². The molecule has 0 bridgehead atoms. The van der Waals surface area contributed by atoms with Crippen molar-refractivity contribution >= 4 is 12.2 Å². The lowest BCUT2D eigenvalue weighted by atomic mass is 11.0. The molecule has 0 spiro atoms. The highest BCUT2D eigenvalue weighted by Crippen LogP contribution is 2.43. The molecule has 0 saturated heterocycles. The second-order valence-corrected chi connectivity index (χ2v) is 7.74. The van der Waals surface area contributed by atoms with E-state index in [1.165, 1.54) is 12.8 Å². The lowest BCUT2D eigenvalue weighted by molar-refractivity contribution is 1.50. The molecule has 1 fully saturated rings. The molecule has 0 aromatic heterocycles. The van der Waals surface area contributed by atoms with Crippen LogP contribution in [0.5, 0.6) is 0 Å². The summed E-state index contributed by atoms with van der Waals surface area (Å²) in [5, 5.41) is 1.85. The molecule has 0 N–H and O–H groups in total. The highest BCUT2D eigenvalue weighted by Gasteiger charge is 2.16. The summed E-state index contributed by atoms with van der Waals surface area (Å²) in [7, 11) is 0. The summed E-state index contributed by atoms with van der Waals surface area (Å²) in [5.74, 6) is 0. The first-order valence-electron chi connectivity index (χ1n) is 2.77. The normalized spacial score (nSPS) is 20.1. The monoisotopic (exact) mass is 116 g/mol. The van der Waals surface area contributed by atoms with E-state index in [1.807, 2.05) is 5.29 Å². The fourth-order valence-corrected chi connectivity index (χ4v) is 2.18. The molecule has 0 amide bonds. The minimum Gasteiger partial charge on any atom is -0.114 e. The second kappa shape index (κ2) is 1.39. The molecule has 1 saturated carbocycles. The molecule has 0 aromatic carbocycles. The van der Waals surface area contributed by atoms with Crippen LogP contribution < -0.4 is 0 Å². The van der Waals surface area contributed by atoms with Gasteiger partial charge in [-0.15, -0.1) is 6.89 Å². The Morgan fingerprint density at radius 1 is 1.14 bits per heavy atom. The van der Waals surface area contributed by atoms with Crippen molar-refractivity contribution in [2.45, 2.75) is 12.8 Å². The standard InChI is InChI=1S/C6H13P/c1-7(2,3)6-4-5-6/h4-5H2,1-3H3. The quantitative estimate of drug-likeness (QED) is 0.424. The third-order valence-electron chi connectivity index (χ3n) is 1.42. The van der Waals surface area contributed by atoms with Crippen LogP contribution in [-0.4, -0.2) is 25.3 Å². The van der Waals surface area contributed by atoms with Crippen molar-refractivity contribution in [2.24, 2.45) is 0 Å². The number of hydrogen-bond acceptors (Lipinski definition) is 0. The first-order valence-corrected chi connectivity index (χ1v) is 5.90. The van der Waals surface area contributed by atoms with Gasteiger partial charge in [0.15, 0.2) is 0 Å². The Hall–Kier alpha value is 0.300. The van der Waals surface area contributed by atoms with Crippen LogP contribution in [0.15, 0.2) is 0 Å². The average molecular weight is 116 g/mol. The van der Waals surface area contributed by atoms with E-state index in [4.69, 9.17) is 0 Å². The lowest BCUT2D eigenvalue weighted by Gasteiger charge is -2.02. The van der Waals surface area contributed by atoms with Gasteiger partial charge in [-0.1, -0.05) is 5.29 Å². The predicted molar refractivity (Wildman–Crippen MR) is 38.9 cm³/mol. The molecule has 0 nitrogen and oxygen atoms in total. The zero-order valence-electron chi connectivity index (χ0n) is 5.36. The Morgan fingerprint density at radius 3 is 1.57 bits per heavy atom. The molecule has 1 rings (SSSR count). The Bertz CT molecular complexity index is 113. The van der Waals surface area contributed by atoms with Crippen molar-refractivity contribution in [3.8, 4) is 0 Å². The Kier molecular flexibility index (Phi) is 1.08. The first-order chi connectivity index (χ1) is 3.11. The fraction of sp³-hybridized carbons (Fsp3) is 0.833. The molecule has 0 aromatic rings. The van der Waals surface area contributed by atoms with E-state index in [2.05, 4.69) is 20.0 Å². The largest absolute Gasteiger partial charge is 0.114 e. The van der Waals surface area contributed by atoms with Gasteiger partial charge in [-0.3, -0.25) is 0 Å². The Morgan fingerprint density at radius 2 is 1.57 bits per heavy atom. The second-order valence-electron chi connectivity index (χ2n) is 3.08. The van der Waals surface area contributed by atoms with E-state index in [9.17, 15) is 0 Å². The van der Waals surface area contributed by atoms with E-state index >= 15 is 0 Å². The summed E-state index contributed by atoms with van der Waals surface area (Å²) < 4.78 is 0. The maximum Gasteiger partial charge on any atom is -0.0278 e. The topological polar surface area (TPSA) is 0 Å². The van der Waals surface area contributed by atoms with E-state index in [0.717, 1.165) is 0 Å². The van der Waals surface area contributed by atoms with Crippen molar-refractivity contribution in [3.05, 3.63) is 0 Å². The van der Waals surface area contributed by atoms with E-state index in [0.29, 0.717) is 0 Å². The molecule has 0 radical (unpaired) electrons. The van der Waals surface area contributed by atoms with Gasteiger partial charge in [-0.25, -0.2) is 0 Å². The van der Waals surface area contributed by atoms with E-state index < -0.39 is 6.89 Å². The number of rotatable bonds is 0. The maximum absolute atomic E-state index is 2.40. The predicted octanol–water partition coefficient (Wildman–Crippen LogP) is 1.86. The molecule has 1 aliphatic rings. The first kappa shape index (κ1) is 5.44. The van der Waals surface area contributed by atoms with Gasteiger partial charge in [-0.05, 0) is 32.8 Å². The molecule has 0 atom stereocenters. The van der Waals surface area contributed by atoms with Crippen molar-refractivity contribution in [3.63, 3.8) is 0 Å². The molecule has 0 heterocycles. The molecule has 0 aliphatic heterocycles. The van der Waals surface area contributed by atoms with Gasteiger partial charge in [0.25, 0.3) is 0 Å². The lowest BCUT2D eigenvalue weighted by Crippen LogP contribution is -1.74. The molecular formula is C6H13P. The fourth-order valence-electron chi connectivity index (χ4n) is 0.727. The van der Waals surface area contributed by atoms with Gasteiger partial charge in [0.05, 0.1) is 0 Å². The molecule has 1 heteroatoms. The zero-order valence-corrected chi connectivity index (χ0v) is 6.26. The SMILES string of the molecule is CP(C)(C)=C1CC1. The zero-order chi connectivity index (χ0) is 5.49. The summed E-state index contributed by atoms with van der Waals surface area (Å²) >= 11 is 0. The summed E-state index contributed by atoms with van der Waals surface area (Å²) in [6.45, 7) is 6.73. The van der Waals surface area contributed by atoms with Gasteiger partial charge in [0.2, 0.25) is 0 Å². The minimum absolute atomic E-state index is 0.460. The summed E-state index contributed by atoms with van der Waals surface area (Å²) in [5.41, 5.74) is 0. The smallest absolute Gasteiger partial charge is 0.0278 e. The summed E-state index contributed by atoms with van der Waals surface area (Å²) in [4.78, 5) is 0. The van der Waals surface area contributed by atoms with Crippen LogP contribution in [0.2, 0.25) is 0 Å². The Labute approximate surface area is 45.9 Å². The van der Waals surface area contributed by atoms with Gasteiger partial charge < -0.3 is 0 Å².